The fourth-order valence-corrected chi connectivity index (χ4v) is 5.78. The average molecular weight is 470 g/mol. The van der Waals surface area contributed by atoms with Crippen LogP contribution >= 0.6 is 0 Å². The van der Waals surface area contributed by atoms with E-state index in [9.17, 15) is 9.59 Å². The molecule has 1 aromatic heterocycles. The molecule has 0 radical (unpaired) electrons. The SMILES string of the molecule is CCN1CCN(c2cc3nc(C(=O)C4(CC)CCC(NC(=O)OC)CC4)[nH]c3cc2C)[C@H](C)C1. The third-order valence-corrected chi connectivity index (χ3v) is 8.09. The number of carbonyl (C=O) groups is 2. The van der Waals surface area contributed by atoms with Crippen molar-refractivity contribution in [2.24, 2.45) is 5.41 Å². The molecule has 2 heterocycles. The zero-order valence-corrected chi connectivity index (χ0v) is 21.2. The number of aryl methyl sites for hydroxylation is 1. The lowest BCUT2D eigenvalue weighted by atomic mass is 9.68. The molecule has 1 aliphatic heterocycles. The minimum atomic E-state index is -0.439. The van der Waals surface area contributed by atoms with Gasteiger partial charge in [0.25, 0.3) is 0 Å². The number of benzene rings is 1. The van der Waals surface area contributed by atoms with Crippen molar-refractivity contribution >= 4 is 28.6 Å². The number of carbonyl (C=O) groups excluding carboxylic acids is 2. The highest BCUT2D eigenvalue weighted by Crippen LogP contribution is 2.42. The molecule has 8 nitrogen and oxygen atoms in total. The lowest BCUT2D eigenvalue weighted by Gasteiger charge is -2.41. The quantitative estimate of drug-likeness (QED) is 0.614. The number of aromatic amines is 1. The Balaban J connectivity index is 1.54. The summed E-state index contributed by atoms with van der Waals surface area (Å²) >= 11 is 0. The molecule has 2 aromatic rings. The van der Waals surface area contributed by atoms with Gasteiger partial charge in [-0.05, 0) is 70.2 Å². The number of H-pyrrole nitrogens is 1. The molecular weight excluding hydrogens is 430 g/mol. The Morgan fingerprint density at radius 3 is 2.59 bits per heavy atom. The first-order chi connectivity index (χ1) is 16.3. The van der Waals surface area contributed by atoms with E-state index in [0.717, 1.165) is 69.3 Å². The predicted octanol–water partition coefficient (Wildman–Crippen LogP) is 4.28. The van der Waals surface area contributed by atoms with Gasteiger partial charge in [-0.3, -0.25) is 9.69 Å². The molecule has 0 bridgehead atoms. The van der Waals surface area contributed by atoms with E-state index in [2.05, 4.69) is 59.9 Å². The number of anilines is 1. The van der Waals surface area contributed by atoms with Gasteiger partial charge in [-0.25, -0.2) is 9.78 Å². The molecule has 1 saturated heterocycles. The van der Waals surface area contributed by atoms with Crippen molar-refractivity contribution in [1.82, 2.24) is 20.2 Å². The standard InChI is InChI=1S/C26H39N5O3/c1-6-26(10-8-19(9-11-26)27-25(33)34-5)23(32)24-28-20-14-17(3)22(15-21(20)29-24)31-13-12-30(7-2)16-18(31)4/h14-15,18-19H,6-13,16H2,1-5H3,(H,27,33)(H,28,29)/t18-,19?,26?/m1/s1. The monoisotopic (exact) mass is 469 g/mol. The number of fused-ring (bicyclic) bond motifs is 1. The summed E-state index contributed by atoms with van der Waals surface area (Å²) in [5.41, 5.74) is 3.73. The first-order valence-corrected chi connectivity index (χ1v) is 12.7. The Hall–Kier alpha value is -2.61. The molecule has 1 atom stereocenters. The number of Topliss-reactive ketones (excluding diaryl/α,β-unsaturated/α-hetero) is 1. The summed E-state index contributed by atoms with van der Waals surface area (Å²) in [5.74, 6) is 0.545. The van der Waals surface area contributed by atoms with Gasteiger partial charge in [0.1, 0.15) is 0 Å². The average Bonchev–Trinajstić information content (AvgIpc) is 3.26. The number of rotatable bonds is 6. The van der Waals surface area contributed by atoms with E-state index in [-0.39, 0.29) is 11.8 Å². The highest BCUT2D eigenvalue weighted by Gasteiger charge is 2.42. The summed E-state index contributed by atoms with van der Waals surface area (Å²) in [6.07, 6.45) is 3.35. The van der Waals surface area contributed by atoms with E-state index in [4.69, 9.17) is 9.72 Å². The van der Waals surface area contributed by atoms with Crippen molar-refractivity contribution in [2.45, 2.75) is 71.9 Å². The van der Waals surface area contributed by atoms with Crippen LogP contribution < -0.4 is 10.2 Å². The van der Waals surface area contributed by atoms with E-state index in [1.54, 1.807) is 0 Å². The van der Waals surface area contributed by atoms with E-state index in [1.807, 2.05) is 0 Å². The second-order valence-electron chi connectivity index (χ2n) is 10.1. The lowest BCUT2D eigenvalue weighted by molar-refractivity contribution is 0.0663. The van der Waals surface area contributed by atoms with Crippen LogP contribution in [0, 0.1) is 12.3 Å². The number of nitrogens with zero attached hydrogens (tertiary/aromatic N) is 3. The molecule has 1 amide bonds. The van der Waals surface area contributed by atoms with Gasteiger partial charge in [0.05, 0.1) is 18.1 Å². The number of aromatic nitrogens is 2. The number of nitrogens with one attached hydrogen (secondary N) is 2. The summed E-state index contributed by atoms with van der Waals surface area (Å²) in [6, 6.07) is 4.76. The van der Waals surface area contributed by atoms with Crippen molar-refractivity contribution in [3.05, 3.63) is 23.5 Å². The van der Waals surface area contributed by atoms with E-state index in [0.29, 0.717) is 11.9 Å². The molecular formula is C26H39N5O3. The molecule has 0 spiro atoms. The van der Waals surface area contributed by atoms with Gasteiger partial charge in [0.2, 0.25) is 5.78 Å². The molecule has 2 N–H and O–H groups in total. The summed E-state index contributed by atoms with van der Waals surface area (Å²) in [5, 5.41) is 2.88. The Morgan fingerprint density at radius 1 is 1.24 bits per heavy atom. The molecule has 1 aliphatic carbocycles. The molecule has 34 heavy (non-hydrogen) atoms. The molecule has 1 saturated carbocycles. The topological polar surface area (TPSA) is 90.6 Å². The van der Waals surface area contributed by atoms with Gasteiger partial charge in [0, 0.05) is 42.8 Å². The fourth-order valence-electron chi connectivity index (χ4n) is 5.78. The van der Waals surface area contributed by atoms with Crippen LogP contribution in [0.15, 0.2) is 12.1 Å². The number of likely N-dealkylation sites (N-methyl/N-ethyl adjacent to an activating group) is 1. The number of alkyl carbamates (subject to hydrolysis) is 1. The molecule has 2 aliphatic rings. The van der Waals surface area contributed by atoms with Crippen LogP contribution in [-0.4, -0.2) is 72.1 Å². The van der Waals surface area contributed by atoms with Gasteiger partial charge >= 0.3 is 6.09 Å². The van der Waals surface area contributed by atoms with Crippen molar-refractivity contribution in [1.29, 1.82) is 0 Å². The Morgan fingerprint density at radius 2 is 1.97 bits per heavy atom. The smallest absolute Gasteiger partial charge is 0.407 e. The number of imidazole rings is 1. The van der Waals surface area contributed by atoms with E-state index < -0.39 is 11.5 Å². The fraction of sp³-hybridized carbons (Fsp3) is 0.654. The van der Waals surface area contributed by atoms with Crippen LogP contribution in [0.1, 0.15) is 69.1 Å². The molecule has 186 valence electrons. The number of piperazine rings is 1. The summed E-state index contributed by atoms with van der Waals surface area (Å²) in [7, 11) is 1.37. The summed E-state index contributed by atoms with van der Waals surface area (Å²) < 4.78 is 4.72. The number of hydrogen-bond donors (Lipinski definition) is 2. The van der Waals surface area contributed by atoms with Gasteiger partial charge in [-0.15, -0.1) is 0 Å². The predicted molar refractivity (Wildman–Crippen MR) is 135 cm³/mol. The molecule has 0 unspecified atom stereocenters. The zero-order valence-electron chi connectivity index (χ0n) is 21.2. The van der Waals surface area contributed by atoms with E-state index >= 15 is 0 Å². The van der Waals surface area contributed by atoms with Gasteiger partial charge in [0.15, 0.2) is 5.82 Å². The number of methoxy groups -OCH3 is 1. The van der Waals surface area contributed by atoms with Crippen LogP contribution in [0.4, 0.5) is 10.5 Å². The van der Waals surface area contributed by atoms with Crippen molar-refractivity contribution in [2.75, 3.05) is 38.2 Å². The second kappa shape index (κ2) is 9.94. The summed E-state index contributed by atoms with van der Waals surface area (Å²) in [4.78, 5) is 38.3. The maximum Gasteiger partial charge on any atom is 0.407 e. The first-order valence-electron chi connectivity index (χ1n) is 12.7. The maximum atomic E-state index is 13.7. The van der Waals surface area contributed by atoms with E-state index in [1.165, 1.54) is 18.4 Å². The van der Waals surface area contributed by atoms with Crippen molar-refractivity contribution < 1.29 is 14.3 Å². The molecule has 2 fully saturated rings. The normalized spacial score (nSPS) is 26.0. The van der Waals surface area contributed by atoms with Crippen LogP contribution in [0.5, 0.6) is 0 Å². The van der Waals surface area contributed by atoms with Gasteiger partial charge < -0.3 is 19.9 Å². The third-order valence-electron chi connectivity index (χ3n) is 8.09. The summed E-state index contributed by atoms with van der Waals surface area (Å²) in [6.45, 7) is 12.9. The largest absolute Gasteiger partial charge is 0.453 e. The van der Waals surface area contributed by atoms with Crippen LogP contribution in [-0.2, 0) is 4.74 Å². The second-order valence-corrected chi connectivity index (χ2v) is 10.1. The van der Waals surface area contributed by atoms with Crippen LogP contribution in [0.3, 0.4) is 0 Å². The number of ketones is 1. The highest BCUT2D eigenvalue weighted by atomic mass is 16.5. The minimum Gasteiger partial charge on any atom is -0.453 e. The molecule has 8 heteroatoms. The maximum absolute atomic E-state index is 13.7. The van der Waals surface area contributed by atoms with Crippen molar-refractivity contribution in [3.63, 3.8) is 0 Å². The number of hydrogen-bond acceptors (Lipinski definition) is 6. The van der Waals surface area contributed by atoms with Crippen LogP contribution in [0.25, 0.3) is 11.0 Å². The van der Waals surface area contributed by atoms with Crippen LogP contribution in [0.2, 0.25) is 0 Å². The van der Waals surface area contributed by atoms with Crippen molar-refractivity contribution in [3.8, 4) is 0 Å². The highest BCUT2D eigenvalue weighted by molar-refractivity contribution is 6.00. The van der Waals surface area contributed by atoms with Gasteiger partial charge in [-0.1, -0.05) is 13.8 Å². The Kier molecular flexibility index (Phi) is 7.17. The van der Waals surface area contributed by atoms with Gasteiger partial charge in [-0.2, -0.15) is 0 Å². The molecule has 1 aromatic carbocycles. The number of amides is 1. The Bertz CT molecular complexity index is 1040. The first kappa shape index (κ1) is 24.5. The zero-order chi connectivity index (χ0) is 24.5. The third kappa shape index (κ3) is 4.65. The minimum absolute atomic E-state index is 0.0518. The Labute approximate surface area is 202 Å². The number of ether oxygens (including phenoxy) is 1. The molecule has 4 rings (SSSR count). The lowest BCUT2D eigenvalue weighted by Crippen LogP contribution is -2.52.